The summed E-state index contributed by atoms with van der Waals surface area (Å²) in [5, 5.41) is 11.8. The van der Waals surface area contributed by atoms with Crippen molar-refractivity contribution in [1.29, 1.82) is 0 Å². The second kappa shape index (κ2) is 5.82. The van der Waals surface area contributed by atoms with Crippen LogP contribution in [0.3, 0.4) is 0 Å². The van der Waals surface area contributed by atoms with Crippen LogP contribution in [0.25, 0.3) is 0 Å². The molecule has 0 unspecified atom stereocenters. The van der Waals surface area contributed by atoms with Gasteiger partial charge in [-0.2, -0.15) is 0 Å². The summed E-state index contributed by atoms with van der Waals surface area (Å²) in [6.07, 6.45) is 0.952. The van der Waals surface area contributed by atoms with Crippen LogP contribution in [-0.2, 0) is 11.2 Å². The lowest BCUT2D eigenvalue weighted by molar-refractivity contribution is -0.122. The Balaban J connectivity index is 2.59. The van der Waals surface area contributed by atoms with Crippen LogP contribution < -0.4 is 5.32 Å². The largest absolute Gasteiger partial charge is 0.396 e. The van der Waals surface area contributed by atoms with E-state index >= 15 is 0 Å². The third-order valence-electron chi connectivity index (χ3n) is 2.83. The summed E-state index contributed by atoms with van der Waals surface area (Å²) < 4.78 is 0. The van der Waals surface area contributed by atoms with Crippen molar-refractivity contribution in [1.82, 2.24) is 5.32 Å². The molecule has 0 aliphatic carbocycles. The predicted octanol–water partition coefficient (Wildman–Crippen LogP) is 1.81. The molecule has 0 fully saturated rings. The number of hydrogen-bond donors (Lipinski definition) is 2. The van der Waals surface area contributed by atoms with Crippen molar-refractivity contribution in [2.45, 2.75) is 39.2 Å². The minimum atomic E-state index is -0.353. The molecule has 1 aromatic carbocycles. The molecule has 0 aromatic heterocycles. The molecule has 17 heavy (non-hydrogen) atoms. The smallest absolute Gasteiger partial charge is 0.224 e. The van der Waals surface area contributed by atoms with Crippen molar-refractivity contribution in [2.75, 3.05) is 6.61 Å². The molecule has 1 amide bonds. The highest BCUT2D eigenvalue weighted by atomic mass is 16.3. The Labute approximate surface area is 103 Å². The van der Waals surface area contributed by atoms with Crippen LogP contribution in [0.2, 0.25) is 0 Å². The molecule has 94 valence electrons. The van der Waals surface area contributed by atoms with E-state index in [0.717, 1.165) is 11.1 Å². The minimum Gasteiger partial charge on any atom is -0.396 e. The zero-order valence-electron chi connectivity index (χ0n) is 10.8. The first-order chi connectivity index (χ1) is 7.94. The van der Waals surface area contributed by atoms with Crippen molar-refractivity contribution in [3.05, 3.63) is 35.4 Å². The van der Waals surface area contributed by atoms with Gasteiger partial charge < -0.3 is 10.4 Å². The van der Waals surface area contributed by atoms with Gasteiger partial charge in [0.2, 0.25) is 5.91 Å². The van der Waals surface area contributed by atoms with Gasteiger partial charge in [-0.25, -0.2) is 0 Å². The normalized spacial score (nSPS) is 11.3. The molecular weight excluding hydrogens is 214 g/mol. The van der Waals surface area contributed by atoms with Crippen LogP contribution in [0.4, 0.5) is 0 Å². The first-order valence-electron chi connectivity index (χ1n) is 5.91. The lowest BCUT2D eigenvalue weighted by Gasteiger charge is -2.25. The summed E-state index contributed by atoms with van der Waals surface area (Å²) in [7, 11) is 0. The van der Waals surface area contributed by atoms with Gasteiger partial charge in [0.15, 0.2) is 0 Å². The zero-order chi connectivity index (χ0) is 12.9. The fourth-order valence-electron chi connectivity index (χ4n) is 1.75. The van der Waals surface area contributed by atoms with E-state index in [1.807, 2.05) is 45.0 Å². The molecule has 0 bridgehead atoms. The predicted molar refractivity (Wildman–Crippen MR) is 68.8 cm³/mol. The molecule has 0 atom stereocenters. The second-order valence-electron chi connectivity index (χ2n) is 5.01. The maximum atomic E-state index is 11.9. The molecule has 2 N–H and O–H groups in total. The molecule has 0 saturated heterocycles. The number of aliphatic hydroxyl groups excluding tert-OH is 1. The van der Waals surface area contributed by atoms with E-state index in [1.54, 1.807) is 0 Å². The highest BCUT2D eigenvalue weighted by molar-refractivity contribution is 5.79. The molecule has 0 radical (unpaired) electrons. The topological polar surface area (TPSA) is 49.3 Å². The Morgan fingerprint density at radius 1 is 1.35 bits per heavy atom. The first-order valence-corrected chi connectivity index (χ1v) is 5.91. The van der Waals surface area contributed by atoms with Gasteiger partial charge in [-0.15, -0.1) is 0 Å². The summed E-state index contributed by atoms with van der Waals surface area (Å²) in [5.74, 6) is -0.00208. The number of benzene rings is 1. The summed E-state index contributed by atoms with van der Waals surface area (Å²) in [6, 6.07) is 7.87. The van der Waals surface area contributed by atoms with Gasteiger partial charge in [-0.05, 0) is 38.3 Å². The van der Waals surface area contributed by atoms with Gasteiger partial charge in [0.25, 0.3) is 0 Å². The molecule has 0 spiro atoms. The fourth-order valence-corrected chi connectivity index (χ4v) is 1.75. The second-order valence-corrected chi connectivity index (χ2v) is 5.01. The average molecular weight is 235 g/mol. The van der Waals surface area contributed by atoms with E-state index in [2.05, 4.69) is 5.32 Å². The quantitative estimate of drug-likeness (QED) is 0.818. The monoisotopic (exact) mass is 235 g/mol. The van der Waals surface area contributed by atoms with Gasteiger partial charge in [-0.1, -0.05) is 24.3 Å². The van der Waals surface area contributed by atoms with Gasteiger partial charge in [0, 0.05) is 12.1 Å². The number of carbonyl (C=O) groups is 1. The number of nitrogens with one attached hydrogen (secondary N) is 1. The average Bonchev–Trinajstić information content (AvgIpc) is 2.20. The summed E-state index contributed by atoms with van der Waals surface area (Å²) in [5.41, 5.74) is 1.82. The molecule has 0 saturated carbocycles. The Bertz CT molecular complexity index is 386. The van der Waals surface area contributed by atoms with Gasteiger partial charge >= 0.3 is 0 Å². The van der Waals surface area contributed by atoms with Crippen molar-refractivity contribution >= 4 is 5.91 Å². The highest BCUT2D eigenvalue weighted by Gasteiger charge is 2.19. The van der Waals surface area contributed by atoms with E-state index < -0.39 is 0 Å². The van der Waals surface area contributed by atoms with Crippen LogP contribution in [0.5, 0.6) is 0 Å². The molecular formula is C14H21NO2. The molecule has 3 nitrogen and oxygen atoms in total. The zero-order valence-corrected chi connectivity index (χ0v) is 10.8. The fraction of sp³-hybridized carbons (Fsp3) is 0.500. The highest BCUT2D eigenvalue weighted by Crippen LogP contribution is 2.10. The Hall–Kier alpha value is -1.35. The number of carbonyl (C=O) groups excluding carboxylic acids is 1. The van der Waals surface area contributed by atoms with E-state index in [-0.39, 0.29) is 18.1 Å². The van der Waals surface area contributed by atoms with Crippen molar-refractivity contribution in [3.63, 3.8) is 0 Å². The maximum Gasteiger partial charge on any atom is 0.224 e. The SMILES string of the molecule is Cc1ccccc1CC(=O)NC(C)(C)CCO. The minimum absolute atomic E-state index is 0.00208. The summed E-state index contributed by atoms with van der Waals surface area (Å²) in [4.78, 5) is 11.9. The maximum absolute atomic E-state index is 11.9. The van der Waals surface area contributed by atoms with E-state index in [9.17, 15) is 4.79 Å². The van der Waals surface area contributed by atoms with Crippen LogP contribution in [-0.4, -0.2) is 23.2 Å². The number of hydrogen-bond acceptors (Lipinski definition) is 2. The first kappa shape index (κ1) is 13.7. The Morgan fingerprint density at radius 2 is 2.00 bits per heavy atom. The van der Waals surface area contributed by atoms with E-state index in [4.69, 9.17) is 5.11 Å². The molecule has 1 aromatic rings. The number of aliphatic hydroxyl groups is 1. The molecule has 0 aliphatic heterocycles. The Kier molecular flexibility index (Phi) is 4.70. The standard InChI is InChI=1S/C14H21NO2/c1-11-6-4-5-7-12(11)10-13(17)15-14(2,3)8-9-16/h4-7,16H,8-10H2,1-3H3,(H,15,17). The van der Waals surface area contributed by atoms with Crippen molar-refractivity contribution in [2.24, 2.45) is 0 Å². The van der Waals surface area contributed by atoms with E-state index in [0.29, 0.717) is 12.8 Å². The van der Waals surface area contributed by atoms with Crippen LogP contribution in [0.15, 0.2) is 24.3 Å². The van der Waals surface area contributed by atoms with Crippen molar-refractivity contribution in [3.8, 4) is 0 Å². The number of rotatable bonds is 5. The molecule has 1 rings (SSSR count). The van der Waals surface area contributed by atoms with Crippen LogP contribution in [0, 0.1) is 6.92 Å². The molecule has 3 heteroatoms. The van der Waals surface area contributed by atoms with Gasteiger partial charge in [0.05, 0.1) is 6.42 Å². The van der Waals surface area contributed by atoms with E-state index in [1.165, 1.54) is 0 Å². The third-order valence-corrected chi connectivity index (χ3v) is 2.83. The lowest BCUT2D eigenvalue weighted by atomic mass is 10.00. The van der Waals surface area contributed by atoms with Crippen LogP contribution in [0.1, 0.15) is 31.4 Å². The van der Waals surface area contributed by atoms with Crippen molar-refractivity contribution < 1.29 is 9.90 Å². The van der Waals surface area contributed by atoms with Gasteiger partial charge in [0.1, 0.15) is 0 Å². The molecule has 0 heterocycles. The lowest BCUT2D eigenvalue weighted by Crippen LogP contribution is -2.44. The van der Waals surface area contributed by atoms with Crippen LogP contribution >= 0.6 is 0 Å². The molecule has 0 aliphatic rings. The summed E-state index contributed by atoms with van der Waals surface area (Å²) >= 11 is 0. The van der Waals surface area contributed by atoms with Gasteiger partial charge in [-0.3, -0.25) is 4.79 Å². The number of amides is 1. The number of aryl methyl sites for hydroxylation is 1. The third kappa shape index (κ3) is 4.57. The summed E-state index contributed by atoms with van der Waals surface area (Å²) in [6.45, 7) is 5.91. The Morgan fingerprint density at radius 3 is 2.59 bits per heavy atom.